The highest BCUT2D eigenvalue weighted by molar-refractivity contribution is 7.89. The van der Waals surface area contributed by atoms with Crippen LogP contribution < -0.4 is 5.32 Å². The summed E-state index contributed by atoms with van der Waals surface area (Å²) < 4.78 is 26.7. The smallest absolute Gasteiger partial charge is 0.243 e. The normalized spacial score (nSPS) is 19.3. The lowest BCUT2D eigenvalue weighted by Crippen LogP contribution is -2.40. The Labute approximate surface area is 126 Å². The van der Waals surface area contributed by atoms with Crippen LogP contribution in [0.4, 0.5) is 0 Å². The molecule has 0 radical (unpaired) electrons. The van der Waals surface area contributed by atoms with Gasteiger partial charge in [-0.15, -0.1) is 12.4 Å². The van der Waals surface area contributed by atoms with Crippen molar-refractivity contribution in [2.75, 3.05) is 20.1 Å². The quantitative estimate of drug-likeness (QED) is 0.910. The monoisotopic (exact) mass is 315 g/mol. The summed E-state index contributed by atoms with van der Waals surface area (Å²) >= 11 is 0. The SMILES string of the molecule is CNCC1CCCN1S(=O)(=O)c1cccc(C#N)c1.Cl. The number of nitrogens with zero attached hydrogens (tertiary/aromatic N) is 2. The fraction of sp³-hybridized carbons (Fsp3) is 0.462. The Morgan fingerprint density at radius 2 is 2.25 bits per heavy atom. The predicted octanol–water partition coefficient (Wildman–Crippen LogP) is 1.35. The summed E-state index contributed by atoms with van der Waals surface area (Å²) in [6.07, 6.45) is 1.75. The molecule has 1 aromatic carbocycles. The lowest BCUT2D eigenvalue weighted by Gasteiger charge is -2.23. The Balaban J connectivity index is 0.00000200. The molecule has 1 fully saturated rings. The van der Waals surface area contributed by atoms with E-state index in [1.54, 1.807) is 22.5 Å². The van der Waals surface area contributed by atoms with Gasteiger partial charge in [-0.3, -0.25) is 0 Å². The van der Waals surface area contributed by atoms with Gasteiger partial charge in [0.25, 0.3) is 0 Å². The molecule has 0 aliphatic carbocycles. The van der Waals surface area contributed by atoms with Gasteiger partial charge in [-0.1, -0.05) is 6.07 Å². The van der Waals surface area contributed by atoms with Crippen LogP contribution in [0.2, 0.25) is 0 Å². The van der Waals surface area contributed by atoms with E-state index in [9.17, 15) is 8.42 Å². The maximum atomic E-state index is 12.6. The van der Waals surface area contributed by atoms with E-state index in [1.165, 1.54) is 6.07 Å². The summed E-state index contributed by atoms with van der Waals surface area (Å²) in [5.74, 6) is 0. The zero-order valence-electron chi connectivity index (χ0n) is 11.2. The Bertz CT molecular complexity index is 598. The van der Waals surface area contributed by atoms with Crippen LogP contribution in [0.25, 0.3) is 0 Å². The van der Waals surface area contributed by atoms with E-state index in [0.29, 0.717) is 18.7 Å². The summed E-state index contributed by atoms with van der Waals surface area (Å²) in [6, 6.07) is 8.16. The molecule has 1 unspecified atom stereocenters. The number of sulfonamides is 1. The minimum atomic E-state index is -3.50. The molecule has 7 heteroatoms. The number of halogens is 1. The first-order chi connectivity index (χ1) is 9.09. The van der Waals surface area contributed by atoms with Crippen molar-refractivity contribution in [2.24, 2.45) is 0 Å². The van der Waals surface area contributed by atoms with Crippen LogP contribution in [0.5, 0.6) is 0 Å². The largest absolute Gasteiger partial charge is 0.318 e. The van der Waals surface area contributed by atoms with E-state index < -0.39 is 10.0 Å². The second kappa shape index (κ2) is 7.04. The molecule has 1 aromatic rings. The second-order valence-electron chi connectivity index (χ2n) is 4.61. The highest BCUT2D eigenvalue weighted by atomic mass is 35.5. The summed E-state index contributed by atoms with van der Waals surface area (Å²) in [4.78, 5) is 0.203. The zero-order valence-corrected chi connectivity index (χ0v) is 12.9. The lowest BCUT2D eigenvalue weighted by molar-refractivity contribution is 0.379. The third kappa shape index (κ3) is 3.30. The van der Waals surface area contributed by atoms with E-state index in [0.717, 1.165) is 12.8 Å². The fourth-order valence-electron chi connectivity index (χ4n) is 2.43. The maximum absolute atomic E-state index is 12.6. The average molecular weight is 316 g/mol. The molecule has 1 saturated heterocycles. The highest BCUT2D eigenvalue weighted by Gasteiger charge is 2.34. The van der Waals surface area contributed by atoms with Crippen molar-refractivity contribution in [3.05, 3.63) is 29.8 Å². The second-order valence-corrected chi connectivity index (χ2v) is 6.50. The summed E-state index contributed by atoms with van der Waals surface area (Å²) in [5, 5.41) is 11.9. The molecule has 20 heavy (non-hydrogen) atoms. The van der Waals surface area contributed by atoms with E-state index in [4.69, 9.17) is 5.26 Å². The van der Waals surface area contributed by atoms with Crippen LogP contribution in [-0.4, -0.2) is 38.9 Å². The molecular formula is C13H18ClN3O2S. The number of nitrogens with one attached hydrogen (secondary N) is 1. The van der Waals surface area contributed by atoms with Crippen molar-refractivity contribution in [2.45, 2.75) is 23.8 Å². The molecule has 2 rings (SSSR count). The molecule has 5 nitrogen and oxygen atoms in total. The number of hydrogen-bond acceptors (Lipinski definition) is 4. The first kappa shape index (κ1) is 16.9. The average Bonchev–Trinajstić information content (AvgIpc) is 2.88. The number of hydrogen-bond donors (Lipinski definition) is 1. The standard InChI is InChI=1S/C13H17N3O2S.ClH/c1-15-10-12-5-3-7-16(12)19(17,18)13-6-2-4-11(8-13)9-14;/h2,4,6,8,12,15H,3,5,7,10H2,1H3;1H. The van der Waals surface area contributed by atoms with Crippen LogP contribution >= 0.6 is 12.4 Å². The molecule has 1 heterocycles. The van der Waals surface area contributed by atoms with Gasteiger partial charge < -0.3 is 5.32 Å². The number of benzene rings is 1. The van der Waals surface area contributed by atoms with E-state index in [-0.39, 0.29) is 23.3 Å². The molecule has 0 bridgehead atoms. The third-order valence-electron chi connectivity index (χ3n) is 3.33. The summed E-state index contributed by atoms with van der Waals surface area (Å²) in [5.41, 5.74) is 0.366. The Morgan fingerprint density at radius 3 is 2.90 bits per heavy atom. The minimum Gasteiger partial charge on any atom is -0.318 e. The fourth-order valence-corrected chi connectivity index (χ4v) is 4.17. The first-order valence-electron chi connectivity index (χ1n) is 6.26. The third-order valence-corrected chi connectivity index (χ3v) is 5.28. The van der Waals surface area contributed by atoms with Gasteiger partial charge in [0.2, 0.25) is 10.0 Å². The van der Waals surface area contributed by atoms with Crippen LogP contribution in [-0.2, 0) is 10.0 Å². The van der Waals surface area contributed by atoms with Crippen molar-refractivity contribution in [3.8, 4) is 6.07 Å². The van der Waals surface area contributed by atoms with Gasteiger partial charge in [0.05, 0.1) is 16.5 Å². The Morgan fingerprint density at radius 1 is 1.50 bits per heavy atom. The molecule has 0 aromatic heterocycles. The topological polar surface area (TPSA) is 73.2 Å². The van der Waals surface area contributed by atoms with Crippen LogP contribution in [0.3, 0.4) is 0 Å². The van der Waals surface area contributed by atoms with Gasteiger partial charge in [-0.05, 0) is 38.1 Å². The molecule has 0 spiro atoms. The van der Waals surface area contributed by atoms with Crippen molar-refractivity contribution < 1.29 is 8.42 Å². The van der Waals surface area contributed by atoms with Crippen molar-refractivity contribution >= 4 is 22.4 Å². The first-order valence-corrected chi connectivity index (χ1v) is 7.70. The molecule has 1 atom stereocenters. The zero-order chi connectivity index (χ0) is 13.9. The molecule has 1 N–H and O–H groups in total. The van der Waals surface area contributed by atoms with Gasteiger partial charge in [0.15, 0.2) is 0 Å². The minimum absolute atomic E-state index is 0. The Hall–Kier alpha value is -1.13. The molecule has 1 aliphatic heterocycles. The number of rotatable bonds is 4. The van der Waals surface area contributed by atoms with Crippen LogP contribution in [0, 0.1) is 11.3 Å². The number of likely N-dealkylation sites (N-methyl/N-ethyl adjacent to an activating group) is 1. The highest BCUT2D eigenvalue weighted by Crippen LogP contribution is 2.26. The van der Waals surface area contributed by atoms with Crippen LogP contribution in [0.1, 0.15) is 18.4 Å². The van der Waals surface area contributed by atoms with E-state index >= 15 is 0 Å². The summed E-state index contributed by atoms with van der Waals surface area (Å²) in [6.45, 7) is 1.20. The summed E-state index contributed by atoms with van der Waals surface area (Å²) in [7, 11) is -1.68. The molecule has 110 valence electrons. The lowest BCUT2D eigenvalue weighted by atomic mass is 10.2. The van der Waals surface area contributed by atoms with Gasteiger partial charge in [0.1, 0.15) is 0 Å². The van der Waals surface area contributed by atoms with Crippen molar-refractivity contribution in [3.63, 3.8) is 0 Å². The molecule has 1 aliphatic rings. The van der Waals surface area contributed by atoms with Gasteiger partial charge in [0, 0.05) is 19.1 Å². The molecule has 0 saturated carbocycles. The maximum Gasteiger partial charge on any atom is 0.243 e. The molecule has 0 amide bonds. The number of nitriles is 1. The van der Waals surface area contributed by atoms with Gasteiger partial charge in [-0.2, -0.15) is 9.57 Å². The van der Waals surface area contributed by atoms with Crippen molar-refractivity contribution in [1.29, 1.82) is 5.26 Å². The Kier molecular flexibility index (Phi) is 5.96. The van der Waals surface area contributed by atoms with Gasteiger partial charge in [-0.25, -0.2) is 8.42 Å². The predicted molar refractivity (Wildman–Crippen MR) is 79.2 cm³/mol. The van der Waals surface area contributed by atoms with Crippen LogP contribution in [0.15, 0.2) is 29.2 Å². The van der Waals surface area contributed by atoms with E-state index in [2.05, 4.69) is 5.32 Å². The molecular weight excluding hydrogens is 298 g/mol. The van der Waals surface area contributed by atoms with Gasteiger partial charge >= 0.3 is 0 Å². The van der Waals surface area contributed by atoms with E-state index in [1.807, 2.05) is 13.1 Å². The van der Waals surface area contributed by atoms with Crippen molar-refractivity contribution in [1.82, 2.24) is 9.62 Å².